The van der Waals surface area contributed by atoms with Crippen LogP contribution in [-0.2, 0) is 12.8 Å². The summed E-state index contributed by atoms with van der Waals surface area (Å²) in [6.45, 7) is 0. The maximum atomic E-state index is 13.4. The average Bonchev–Trinajstić information content (AvgIpc) is 3.12. The van der Waals surface area contributed by atoms with Gasteiger partial charge in [0.2, 0.25) is 0 Å². The average molecular weight is 465 g/mol. The molecule has 0 saturated carbocycles. The van der Waals surface area contributed by atoms with E-state index in [0.717, 1.165) is 5.56 Å². The molecule has 0 amide bonds. The number of nitrogens with one attached hydrogen (secondary N) is 1. The lowest BCUT2D eigenvalue weighted by Crippen LogP contribution is -2.22. The molecule has 28 heavy (non-hydrogen) atoms. The van der Waals surface area contributed by atoms with Crippen LogP contribution >= 0.6 is 28.1 Å². The van der Waals surface area contributed by atoms with Gasteiger partial charge in [-0.25, -0.2) is 14.0 Å². The summed E-state index contributed by atoms with van der Waals surface area (Å²) in [4.78, 5) is 4.87. The monoisotopic (exact) mass is 464 g/mol. The highest BCUT2D eigenvalue weighted by Crippen LogP contribution is 2.23. The molecule has 3 N–H and O–H groups in total. The highest BCUT2D eigenvalue weighted by atomic mass is 79.9. The van der Waals surface area contributed by atoms with Crippen molar-refractivity contribution in [3.05, 3.63) is 69.7 Å². The van der Waals surface area contributed by atoms with Crippen molar-refractivity contribution >= 4 is 44.5 Å². The summed E-state index contributed by atoms with van der Waals surface area (Å²) in [5, 5.41) is 26.4. The van der Waals surface area contributed by atoms with Crippen LogP contribution in [0.1, 0.15) is 17.0 Å². The zero-order valence-corrected chi connectivity index (χ0v) is 16.7. The van der Waals surface area contributed by atoms with E-state index in [1.165, 1.54) is 18.2 Å². The maximum absolute atomic E-state index is 13.4. The number of amidine groups is 1. The van der Waals surface area contributed by atoms with Crippen LogP contribution in [0, 0.1) is 5.82 Å². The Kier molecular flexibility index (Phi) is 6.45. The molecule has 0 aliphatic carbocycles. The topological polar surface area (TPSA) is 104 Å². The summed E-state index contributed by atoms with van der Waals surface area (Å²) in [5.74, 6) is -0.261. The van der Waals surface area contributed by atoms with Gasteiger partial charge in [0, 0.05) is 17.7 Å². The van der Waals surface area contributed by atoms with Crippen molar-refractivity contribution < 1.29 is 19.3 Å². The third-order valence-corrected chi connectivity index (χ3v) is 4.63. The summed E-state index contributed by atoms with van der Waals surface area (Å²) in [6.07, 6.45) is 0.759. The second kappa shape index (κ2) is 9.00. The molecule has 3 aromatic rings. The first-order valence-corrected chi connectivity index (χ1v) is 9.21. The van der Waals surface area contributed by atoms with E-state index < -0.39 is 5.82 Å². The van der Waals surface area contributed by atoms with Gasteiger partial charge in [0.25, 0.3) is 0 Å². The van der Waals surface area contributed by atoms with Gasteiger partial charge in [-0.2, -0.15) is 0 Å². The van der Waals surface area contributed by atoms with Crippen LogP contribution in [0.25, 0.3) is 0 Å². The first-order valence-electron chi connectivity index (χ1n) is 8.01. The summed E-state index contributed by atoms with van der Waals surface area (Å²) in [6, 6.07) is 10.9. The molecule has 0 radical (unpaired) electrons. The van der Waals surface area contributed by atoms with Crippen molar-refractivity contribution in [3.8, 4) is 5.75 Å². The Morgan fingerprint density at radius 1 is 1.18 bits per heavy atom. The zero-order valence-electron chi connectivity index (χ0n) is 14.3. The molecule has 0 bridgehead atoms. The van der Waals surface area contributed by atoms with Gasteiger partial charge in [-0.05, 0) is 57.0 Å². The van der Waals surface area contributed by atoms with Gasteiger partial charge >= 0.3 is 0 Å². The fraction of sp³-hybridized carbons (Fsp3) is 0.111. The van der Waals surface area contributed by atoms with Crippen LogP contribution in [0.15, 0.2) is 56.6 Å². The number of aromatic nitrogens is 2. The van der Waals surface area contributed by atoms with Crippen molar-refractivity contribution in [3.63, 3.8) is 0 Å². The van der Waals surface area contributed by atoms with Gasteiger partial charge in [-0.1, -0.05) is 29.5 Å². The van der Waals surface area contributed by atoms with E-state index in [0.29, 0.717) is 22.7 Å². The molecule has 2 aromatic carbocycles. The number of thiocarbonyl (C=S) groups is 1. The molecular weight excluding hydrogens is 451 g/mol. The summed E-state index contributed by atoms with van der Waals surface area (Å²) >= 11 is 8.50. The lowest BCUT2D eigenvalue weighted by molar-refractivity contribution is 0.234. The molecule has 1 aromatic heterocycles. The van der Waals surface area contributed by atoms with Gasteiger partial charge < -0.3 is 5.11 Å². The SMILES string of the molecule is ONC(=Nc1ccc(F)c(Br)c1)c1nonc1CC(=S)Cc1ccc(O)cc1. The zero-order chi connectivity index (χ0) is 20.1. The van der Waals surface area contributed by atoms with Gasteiger partial charge in [-0.15, -0.1) is 0 Å². The number of hydrogen-bond acceptors (Lipinski definition) is 7. The Hall–Kier alpha value is -2.69. The molecule has 10 heteroatoms. The molecule has 0 aliphatic rings. The van der Waals surface area contributed by atoms with E-state index in [-0.39, 0.29) is 28.2 Å². The van der Waals surface area contributed by atoms with Crippen molar-refractivity contribution in [1.29, 1.82) is 0 Å². The molecule has 0 aliphatic heterocycles. The lowest BCUT2D eigenvalue weighted by Gasteiger charge is -2.05. The molecule has 3 rings (SSSR count). The molecule has 144 valence electrons. The molecular formula is C18H14BrFN4O3S. The van der Waals surface area contributed by atoms with Gasteiger partial charge in [-0.3, -0.25) is 10.7 Å². The fourth-order valence-electron chi connectivity index (χ4n) is 2.41. The number of benzene rings is 2. The van der Waals surface area contributed by atoms with E-state index in [1.54, 1.807) is 24.3 Å². The van der Waals surface area contributed by atoms with Crippen LogP contribution in [0.3, 0.4) is 0 Å². The lowest BCUT2D eigenvalue weighted by atomic mass is 10.1. The van der Waals surface area contributed by atoms with Crippen molar-refractivity contribution in [2.45, 2.75) is 12.8 Å². The van der Waals surface area contributed by atoms with E-state index >= 15 is 0 Å². The largest absolute Gasteiger partial charge is 0.508 e. The Morgan fingerprint density at radius 3 is 2.61 bits per heavy atom. The second-order valence-electron chi connectivity index (χ2n) is 5.79. The van der Waals surface area contributed by atoms with Crippen LogP contribution in [0.4, 0.5) is 10.1 Å². The van der Waals surface area contributed by atoms with Crippen molar-refractivity contribution in [1.82, 2.24) is 15.8 Å². The number of hydrogen-bond donors (Lipinski definition) is 3. The van der Waals surface area contributed by atoms with E-state index in [2.05, 4.69) is 31.2 Å². The first-order chi connectivity index (χ1) is 13.5. The Morgan fingerprint density at radius 2 is 1.93 bits per heavy atom. The fourth-order valence-corrected chi connectivity index (χ4v) is 3.08. The third-order valence-electron chi connectivity index (χ3n) is 3.73. The molecule has 1 heterocycles. The highest BCUT2D eigenvalue weighted by molar-refractivity contribution is 9.10. The standard InChI is InChI=1S/C18H14BrFN4O3S/c19-14-8-11(3-6-15(14)20)21-18(22-26)17-16(23-27-24-17)9-13(28)7-10-1-4-12(25)5-2-10/h1-6,8,25-26H,7,9H2,(H,21,22). The predicted molar refractivity (Wildman–Crippen MR) is 108 cm³/mol. The Labute approximate surface area is 173 Å². The Bertz CT molecular complexity index is 1020. The van der Waals surface area contributed by atoms with E-state index in [1.807, 2.05) is 5.48 Å². The molecule has 7 nitrogen and oxygen atoms in total. The molecule has 0 unspecified atom stereocenters. The number of halogens is 2. The highest BCUT2D eigenvalue weighted by Gasteiger charge is 2.18. The minimum Gasteiger partial charge on any atom is -0.508 e. The van der Waals surface area contributed by atoms with Crippen LogP contribution < -0.4 is 5.48 Å². The van der Waals surface area contributed by atoms with Gasteiger partial charge in [0.15, 0.2) is 11.5 Å². The van der Waals surface area contributed by atoms with Crippen molar-refractivity contribution in [2.24, 2.45) is 4.99 Å². The third kappa shape index (κ3) is 4.97. The molecule has 0 atom stereocenters. The number of aromatic hydroxyl groups is 1. The number of hydroxylamine groups is 1. The Balaban J connectivity index is 1.79. The predicted octanol–water partition coefficient (Wildman–Crippen LogP) is 3.89. The number of phenolic OH excluding ortho intramolecular Hbond substituents is 1. The number of aliphatic imine (C=N–C) groups is 1. The molecule has 0 fully saturated rings. The van der Waals surface area contributed by atoms with Crippen LogP contribution in [-0.4, -0.2) is 31.3 Å². The summed E-state index contributed by atoms with van der Waals surface area (Å²) in [5.41, 5.74) is 3.86. The number of nitrogens with zero attached hydrogens (tertiary/aromatic N) is 3. The maximum Gasteiger partial charge on any atom is 0.182 e. The first kappa shape index (κ1) is 20.1. The normalized spacial score (nSPS) is 11.5. The summed E-state index contributed by atoms with van der Waals surface area (Å²) in [7, 11) is 0. The quantitative estimate of drug-likeness (QED) is 0.220. The molecule has 0 saturated heterocycles. The van der Waals surface area contributed by atoms with E-state index in [4.69, 9.17) is 16.8 Å². The molecule has 0 spiro atoms. The van der Waals surface area contributed by atoms with E-state index in [9.17, 15) is 14.7 Å². The minimum atomic E-state index is -0.430. The van der Waals surface area contributed by atoms with Crippen LogP contribution in [0.2, 0.25) is 0 Å². The minimum absolute atomic E-state index is 0.0119. The summed E-state index contributed by atoms with van der Waals surface area (Å²) < 4.78 is 18.4. The van der Waals surface area contributed by atoms with Gasteiger partial charge in [0.05, 0.1) is 10.2 Å². The number of phenols is 1. The smallest absolute Gasteiger partial charge is 0.182 e. The van der Waals surface area contributed by atoms with Crippen molar-refractivity contribution in [2.75, 3.05) is 0 Å². The van der Waals surface area contributed by atoms with Gasteiger partial charge in [0.1, 0.15) is 17.3 Å². The van der Waals surface area contributed by atoms with Crippen LogP contribution in [0.5, 0.6) is 5.75 Å². The number of rotatable bonds is 6. The second-order valence-corrected chi connectivity index (χ2v) is 7.22.